The van der Waals surface area contributed by atoms with Crippen molar-refractivity contribution in [2.45, 2.75) is 17.9 Å². The molecule has 1 aromatic heterocycles. The van der Waals surface area contributed by atoms with E-state index in [0.29, 0.717) is 18.2 Å². The van der Waals surface area contributed by atoms with Crippen molar-refractivity contribution >= 4 is 39.2 Å². The molecule has 0 saturated carbocycles. The molecule has 1 unspecified atom stereocenters. The standard InChI is InChI=1S/C18H20ClN3O6S/c1-12(28-18(24)16-9-13(19)11-20-16)17(23)21-14-3-2-4-15(10-14)29(25,26)22-5-7-27-8-6-22/h2-4,9-12,20H,5-8H2,1H3,(H,21,23). The molecule has 0 radical (unpaired) electrons. The predicted octanol–water partition coefficient (Wildman–Crippen LogP) is 1.87. The number of sulfonamides is 1. The number of aromatic amines is 1. The van der Waals surface area contributed by atoms with Crippen molar-refractivity contribution in [1.82, 2.24) is 9.29 Å². The Hall–Kier alpha value is -2.40. The lowest BCUT2D eigenvalue weighted by Crippen LogP contribution is -2.40. The van der Waals surface area contributed by atoms with E-state index in [1.807, 2.05) is 0 Å². The number of aromatic nitrogens is 1. The average Bonchev–Trinajstić information content (AvgIpc) is 3.15. The summed E-state index contributed by atoms with van der Waals surface area (Å²) in [6.07, 6.45) is 0.313. The van der Waals surface area contributed by atoms with Crippen LogP contribution in [0.25, 0.3) is 0 Å². The molecular formula is C18H20ClN3O6S. The molecule has 9 nitrogen and oxygen atoms in total. The second-order valence-corrected chi connectivity index (χ2v) is 8.69. The van der Waals surface area contributed by atoms with Gasteiger partial charge in [-0.05, 0) is 31.2 Å². The van der Waals surface area contributed by atoms with E-state index in [-0.39, 0.29) is 29.4 Å². The van der Waals surface area contributed by atoms with Crippen molar-refractivity contribution in [2.75, 3.05) is 31.6 Å². The van der Waals surface area contributed by atoms with E-state index in [1.165, 1.54) is 41.7 Å². The van der Waals surface area contributed by atoms with Gasteiger partial charge in [-0.3, -0.25) is 4.79 Å². The van der Waals surface area contributed by atoms with Crippen LogP contribution in [0.15, 0.2) is 41.4 Å². The first-order chi connectivity index (χ1) is 13.8. The summed E-state index contributed by atoms with van der Waals surface area (Å²) in [5.41, 5.74) is 0.392. The van der Waals surface area contributed by atoms with Crippen molar-refractivity contribution in [3.05, 3.63) is 47.2 Å². The molecule has 1 saturated heterocycles. The molecule has 1 amide bonds. The molecule has 2 aromatic rings. The highest BCUT2D eigenvalue weighted by molar-refractivity contribution is 7.89. The fourth-order valence-corrected chi connectivity index (χ4v) is 4.30. The molecule has 11 heteroatoms. The second kappa shape index (κ2) is 8.95. The highest BCUT2D eigenvalue weighted by Crippen LogP contribution is 2.21. The van der Waals surface area contributed by atoms with Crippen LogP contribution >= 0.6 is 11.6 Å². The Morgan fingerprint density at radius 3 is 2.66 bits per heavy atom. The Bertz CT molecular complexity index is 1000. The van der Waals surface area contributed by atoms with Crippen LogP contribution in [0.4, 0.5) is 5.69 Å². The lowest BCUT2D eigenvalue weighted by atomic mass is 10.3. The topological polar surface area (TPSA) is 118 Å². The fraction of sp³-hybridized carbons (Fsp3) is 0.333. The Kier molecular flexibility index (Phi) is 6.58. The van der Waals surface area contributed by atoms with Gasteiger partial charge in [-0.1, -0.05) is 17.7 Å². The third kappa shape index (κ3) is 5.15. The maximum Gasteiger partial charge on any atom is 0.355 e. The van der Waals surface area contributed by atoms with Crippen LogP contribution < -0.4 is 5.32 Å². The van der Waals surface area contributed by atoms with E-state index < -0.39 is 28.0 Å². The second-order valence-electron chi connectivity index (χ2n) is 6.31. The van der Waals surface area contributed by atoms with Crippen LogP contribution in [0, 0.1) is 0 Å². The smallest absolute Gasteiger partial charge is 0.355 e. The number of nitrogens with one attached hydrogen (secondary N) is 2. The molecule has 3 rings (SSSR count). The Morgan fingerprint density at radius 2 is 2.00 bits per heavy atom. The van der Waals surface area contributed by atoms with Crippen LogP contribution in [-0.2, 0) is 24.3 Å². The summed E-state index contributed by atoms with van der Waals surface area (Å²) in [7, 11) is -3.69. The van der Waals surface area contributed by atoms with Gasteiger partial charge in [0.15, 0.2) is 6.10 Å². The number of hydrogen-bond donors (Lipinski definition) is 2. The molecule has 29 heavy (non-hydrogen) atoms. The van der Waals surface area contributed by atoms with Gasteiger partial charge < -0.3 is 19.8 Å². The van der Waals surface area contributed by atoms with E-state index in [9.17, 15) is 18.0 Å². The molecule has 2 N–H and O–H groups in total. The van der Waals surface area contributed by atoms with E-state index in [4.69, 9.17) is 21.1 Å². The third-order valence-corrected chi connectivity index (χ3v) is 6.34. The highest BCUT2D eigenvalue weighted by Gasteiger charge is 2.27. The number of hydrogen-bond acceptors (Lipinski definition) is 6. The maximum absolute atomic E-state index is 12.7. The molecule has 1 aromatic carbocycles. The summed E-state index contributed by atoms with van der Waals surface area (Å²) in [6.45, 7) is 2.63. The number of benzene rings is 1. The van der Waals surface area contributed by atoms with Crippen molar-refractivity contribution in [3.8, 4) is 0 Å². The number of carbonyl (C=O) groups excluding carboxylic acids is 2. The zero-order valence-corrected chi connectivity index (χ0v) is 17.1. The van der Waals surface area contributed by atoms with Gasteiger partial charge in [-0.25, -0.2) is 13.2 Å². The summed E-state index contributed by atoms with van der Waals surface area (Å²) >= 11 is 5.74. The van der Waals surface area contributed by atoms with Gasteiger partial charge in [0.1, 0.15) is 5.69 Å². The Morgan fingerprint density at radius 1 is 1.28 bits per heavy atom. The van der Waals surface area contributed by atoms with E-state index in [2.05, 4.69) is 10.3 Å². The number of rotatable bonds is 6. The number of halogens is 1. The van der Waals surface area contributed by atoms with Crippen LogP contribution in [0.1, 0.15) is 17.4 Å². The van der Waals surface area contributed by atoms with E-state index in [1.54, 1.807) is 6.07 Å². The van der Waals surface area contributed by atoms with Gasteiger partial charge in [0.05, 0.1) is 23.1 Å². The molecule has 0 spiro atoms. The monoisotopic (exact) mass is 441 g/mol. The lowest BCUT2D eigenvalue weighted by Gasteiger charge is -2.26. The molecule has 1 atom stereocenters. The summed E-state index contributed by atoms with van der Waals surface area (Å²) in [4.78, 5) is 27.0. The number of anilines is 1. The number of H-pyrrole nitrogens is 1. The van der Waals surface area contributed by atoms with Gasteiger partial charge >= 0.3 is 5.97 Å². The summed E-state index contributed by atoms with van der Waals surface area (Å²) < 4.78 is 37.1. The first kappa shape index (κ1) is 21.3. The molecule has 0 aliphatic carbocycles. The minimum absolute atomic E-state index is 0.0582. The summed E-state index contributed by atoms with van der Waals surface area (Å²) in [5, 5.41) is 2.90. The zero-order chi connectivity index (χ0) is 21.0. The predicted molar refractivity (Wildman–Crippen MR) is 105 cm³/mol. The van der Waals surface area contributed by atoms with Gasteiger partial charge in [0.2, 0.25) is 10.0 Å². The zero-order valence-electron chi connectivity index (χ0n) is 15.6. The van der Waals surface area contributed by atoms with Gasteiger partial charge in [-0.15, -0.1) is 0 Å². The number of morpholine rings is 1. The van der Waals surface area contributed by atoms with Gasteiger partial charge in [0, 0.05) is 25.0 Å². The Labute approximate surface area is 173 Å². The third-order valence-electron chi connectivity index (χ3n) is 4.23. The average molecular weight is 442 g/mol. The fourth-order valence-electron chi connectivity index (χ4n) is 2.68. The minimum Gasteiger partial charge on any atom is -0.448 e. The van der Waals surface area contributed by atoms with Gasteiger partial charge in [-0.2, -0.15) is 4.31 Å². The molecule has 156 valence electrons. The Balaban J connectivity index is 1.66. The molecule has 2 heterocycles. The number of esters is 1. The number of amides is 1. The van der Waals surface area contributed by atoms with Crippen molar-refractivity contribution in [1.29, 1.82) is 0 Å². The van der Waals surface area contributed by atoms with E-state index >= 15 is 0 Å². The van der Waals surface area contributed by atoms with Crippen molar-refractivity contribution < 1.29 is 27.5 Å². The van der Waals surface area contributed by atoms with Crippen molar-refractivity contribution in [3.63, 3.8) is 0 Å². The first-order valence-electron chi connectivity index (χ1n) is 8.81. The van der Waals surface area contributed by atoms with Crippen LogP contribution in [-0.4, -0.2) is 62.0 Å². The van der Waals surface area contributed by atoms with Crippen LogP contribution in [0.2, 0.25) is 5.02 Å². The minimum atomic E-state index is -3.69. The molecule has 1 aliphatic rings. The molecule has 1 fully saturated rings. The highest BCUT2D eigenvalue weighted by atomic mass is 35.5. The van der Waals surface area contributed by atoms with E-state index in [0.717, 1.165) is 0 Å². The van der Waals surface area contributed by atoms with Crippen LogP contribution in [0.5, 0.6) is 0 Å². The lowest BCUT2D eigenvalue weighted by molar-refractivity contribution is -0.123. The SMILES string of the molecule is CC(OC(=O)c1cc(Cl)c[nH]1)C(=O)Nc1cccc(S(=O)(=O)N2CCOCC2)c1. The number of carbonyl (C=O) groups is 2. The summed E-state index contributed by atoms with van der Waals surface area (Å²) in [5.74, 6) is -1.33. The van der Waals surface area contributed by atoms with Gasteiger partial charge in [0.25, 0.3) is 5.91 Å². The molecular weight excluding hydrogens is 422 g/mol. The quantitative estimate of drug-likeness (QED) is 0.661. The maximum atomic E-state index is 12.7. The normalized spacial score (nSPS) is 16.2. The number of ether oxygens (including phenoxy) is 2. The molecule has 0 bridgehead atoms. The largest absolute Gasteiger partial charge is 0.448 e. The number of nitrogens with zero attached hydrogens (tertiary/aromatic N) is 1. The molecule has 1 aliphatic heterocycles. The van der Waals surface area contributed by atoms with Crippen molar-refractivity contribution in [2.24, 2.45) is 0 Å². The summed E-state index contributed by atoms with van der Waals surface area (Å²) in [6, 6.07) is 7.28. The van der Waals surface area contributed by atoms with Crippen LogP contribution in [0.3, 0.4) is 0 Å². The first-order valence-corrected chi connectivity index (χ1v) is 10.6.